The molecule has 2 rings (SSSR count). The van der Waals surface area contributed by atoms with E-state index in [4.69, 9.17) is 0 Å². The van der Waals surface area contributed by atoms with Crippen LogP contribution in [-0.4, -0.2) is 29.6 Å². The average molecular weight is 325 g/mol. The minimum atomic E-state index is 0.209. The maximum atomic E-state index is 3.69. The Hall–Kier alpha value is -0.380. The van der Waals surface area contributed by atoms with Crippen molar-refractivity contribution in [2.24, 2.45) is 5.92 Å². The zero-order valence-corrected chi connectivity index (χ0v) is 14.0. The summed E-state index contributed by atoms with van der Waals surface area (Å²) in [6, 6.07) is 9.13. The molecule has 3 heteroatoms. The highest BCUT2D eigenvalue weighted by molar-refractivity contribution is 9.10. The second-order valence-electron chi connectivity index (χ2n) is 6.52. The fourth-order valence-corrected chi connectivity index (χ4v) is 3.01. The van der Waals surface area contributed by atoms with Crippen LogP contribution in [0.5, 0.6) is 0 Å². The molecule has 1 fully saturated rings. The van der Waals surface area contributed by atoms with E-state index >= 15 is 0 Å². The molecule has 1 aromatic carbocycles. The van der Waals surface area contributed by atoms with E-state index in [1.807, 2.05) is 0 Å². The normalized spacial score (nSPS) is 23.8. The SMILES string of the molecule is CC(C)C1CN(Cc2ccccc2Br)C(C)(C)CN1. The summed E-state index contributed by atoms with van der Waals surface area (Å²) in [5.74, 6) is 0.679. The molecule has 0 bridgehead atoms. The fourth-order valence-electron chi connectivity index (χ4n) is 2.60. The molecular formula is C16H25BrN2. The van der Waals surface area contributed by atoms with E-state index in [-0.39, 0.29) is 5.54 Å². The van der Waals surface area contributed by atoms with Gasteiger partial charge in [0.05, 0.1) is 0 Å². The van der Waals surface area contributed by atoms with E-state index in [9.17, 15) is 0 Å². The van der Waals surface area contributed by atoms with Crippen molar-refractivity contribution in [2.75, 3.05) is 13.1 Å². The zero-order valence-electron chi connectivity index (χ0n) is 12.4. The van der Waals surface area contributed by atoms with Crippen molar-refractivity contribution >= 4 is 15.9 Å². The molecule has 0 saturated carbocycles. The largest absolute Gasteiger partial charge is 0.311 e. The van der Waals surface area contributed by atoms with Crippen molar-refractivity contribution in [3.8, 4) is 0 Å². The highest BCUT2D eigenvalue weighted by Crippen LogP contribution is 2.26. The lowest BCUT2D eigenvalue weighted by Gasteiger charge is -2.47. The van der Waals surface area contributed by atoms with E-state index in [1.54, 1.807) is 0 Å². The number of rotatable bonds is 3. The summed E-state index contributed by atoms with van der Waals surface area (Å²) in [6.07, 6.45) is 0. The lowest BCUT2D eigenvalue weighted by molar-refractivity contribution is 0.0473. The number of halogens is 1. The van der Waals surface area contributed by atoms with Crippen molar-refractivity contribution in [3.05, 3.63) is 34.3 Å². The Bertz CT molecular complexity index is 429. The van der Waals surface area contributed by atoms with Gasteiger partial charge in [0, 0.05) is 35.7 Å². The van der Waals surface area contributed by atoms with Gasteiger partial charge >= 0.3 is 0 Å². The molecule has 0 aromatic heterocycles. The van der Waals surface area contributed by atoms with Crippen LogP contribution in [0, 0.1) is 5.92 Å². The lowest BCUT2D eigenvalue weighted by atomic mass is 9.92. The van der Waals surface area contributed by atoms with Crippen molar-refractivity contribution in [3.63, 3.8) is 0 Å². The molecule has 0 aliphatic carbocycles. The lowest BCUT2D eigenvalue weighted by Crippen LogP contribution is -2.62. The van der Waals surface area contributed by atoms with Crippen LogP contribution < -0.4 is 5.32 Å². The van der Waals surface area contributed by atoms with Gasteiger partial charge < -0.3 is 5.32 Å². The van der Waals surface area contributed by atoms with Crippen molar-refractivity contribution in [1.29, 1.82) is 0 Å². The van der Waals surface area contributed by atoms with Crippen LogP contribution in [0.3, 0.4) is 0 Å². The quantitative estimate of drug-likeness (QED) is 0.912. The summed E-state index contributed by atoms with van der Waals surface area (Å²) in [7, 11) is 0. The van der Waals surface area contributed by atoms with Gasteiger partial charge in [-0.15, -0.1) is 0 Å². The van der Waals surface area contributed by atoms with Gasteiger partial charge in [-0.2, -0.15) is 0 Å². The topological polar surface area (TPSA) is 15.3 Å². The van der Waals surface area contributed by atoms with Crippen LogP contribution in [-0.2, 0) is 6.54 Å². The van der Waals surface area contributed by atoms with Crippen LogP contribution >= 0.6 is 15.9 Å². The molecule has 19 heavy (non-hydrogen) atoms. The summed E-state index contributed by atoms with van der Waals surface area (Å²) >= 11 is 3.66. The molecule has 1 unspecified atom stereocenters. The number of nitrogens with zero attached hydrogens (tertiary/aromatic N) is 1. The summed E-state index contributed by atoms with van der Waals surface area (Å²) in [4.78, 5) is 2.61. The molecule has 1 aromatic rings. The van der Waals surface area contributed by atoms with Crippen LogP contribution in [0.1, 0.15) is 33.3 Å². The number of nitrogens with one attached hydrogen (secondary N) is 1. The van der Waals surface area contributed by atoms with E-state index < -0.39 is 0 Å². The molecule has 1 N–H and O–H groups in total. The van der Waals surface area contributed by atoms with E-state index in [1.165, 1.54) is 10.0 Å². The first kappa shape index (κ1) is 15.0. The van der Waals surface area contributed by atoms with Gasteiger partial charge in [-0.05, 0) is 31.4 Å². The van der Waals surface area contributed by atoms with E-state index in [0.717, 1.165) is 19.6 Å². The van der Waals surface area contributed by atoms with E-state index in [2.05, 4.69) is 78.1 Å². The molecule has 0 spiro atoms. The smallest absolute Gasteiger partial charge is 0.0281 e. The summed E-state index contributed by atoms with van der Waals surface area (Å²) in [5, 5.41) is 3.69. The Kier molecular flexibility index (Phi) is 4.70. The second kappa shape index (κ2) is 5.94. The van der Waals surface area contributed by atoms with Gasteiger partial charge in [-0.25, -0.2) is 0 Å². The number of hydrogen-bond acceptors (Lipinski definition) is 2. The molecule has 1 aliphatic rings. The monoisotopic (exact) mass is 324 g/mol. The van der Waals surface area contributed by atoms with Gasteiger partial charge in [0.2, 0.25) is 0 Å². The summed E-state index contributed by atoms with van der Waals surface area (Å²) in [5.41, 5.74) is 1.58. The van der Waals surface area contributed by atoms with Crippen LogP contribution in [0.4, 0.5) is 0 Å². The third-order valence-corrected chi connectivity index (χ3v) is 4.97. The minimum Gasteiger partial charge on any atom is -0.311 e. The number of hydrogen-bond donors (Lipinski definition) is 1. The molecule has 2 nitrogen and oxygen atoms in total. The Morgan fingerprint density at radius 2 is 2.05 bits per heavy atom. The third kappa shape index (κ3) is 3.59. The molecule has 1 aliphatic heterocycles. The van der Waals surface area contributed by atoms with Gasteiger partial charge in [0.15, 0.2) is 0 Å². The highest BCUT2D eigenvalue weighted by atomic mass is 79.9. The first-order valence-corrected chi connectivity index (χ1v) is 7.91. The van der Waals surface area contributed by atoms with Crippen molar-refractivity contribution < 1.29 is 0 Å². The first-order chi connectivity index (χ1) is 8.90. The molecule has 106 valence electrons. The number of benzene rings is 1. The molecule has 1 heterocycles. The predicted molar refractivity (Wildman–Crippen MR) is 85.3 cm³/mol. The number of piperazine rings is 1. The summed E-state index contributed by atoms with van der Waals surface area (Å²) in [6.45, 7) is 12.4. The predicted octanol–water partition coefficient (Wildman–Crippen LogP) is 3.66. The first-order valence-electron chi connectivity index (χ1n) is 7.12. The van der Waals surface area contributed by atoms with Gasteiger partial charge in [-0.3, -0.25) is 4.90 Å². The third-order valence-electron chi connectivity index (χ3n) is 4.19. The summed E-state index contributed by atoms with van der Waals surface area (Å²) < 4.78 is 1.21. The standard InChI is InChI=1S/C16H25BrN2/c1-12(2)15-10-19(16(3,4)11-18-15)9-13-7-5-6-8-14(13)17/h5-8,12,15,18H,9-11H2,1-4H3. The molecule has 1 saturated heterocycles. The Morgan fingerprint density at radius 3 is 2.68 bits per heavy atom. The Labute approximate surface area is 125 Å². The van der Waals surface area contributed by atoms with E-state index in [0.29, 0.717) is 12.0 Å². The molecule has 1 atom stereocenters. The van der Waals surface area contributed by atoms with Crippen molar-refractivity contribution in [2.45, 2.75) is 45.8 Å². The van der Waals surface area contributed by atoms with Crippen molar-refractivity contribution in [1.82, 2.24) is 10.2 Å². The highest BCUT2D eigenvalue weighted by Gasteiger charge is 2.34. The maximum absolute atomic E-state index is 3.69. The van der Waals surface area contributed by atoms with Gasteiger partial charge in [0.1, 0.15) is 0 Å². The Balaban J connectivity index is 2.14. The van der Waals surface area contributed by atoms with Crippen LogP contribution in [0.2, 0.25) is 0 Å². The van der Waals surface area contributed by atoms with Crippen LogP contribution in [0.25, 0.3) is 0 Å². The Morgan fingerprint density at radius 1 is 1.37 bits per heavy atom. The fraction of sp³-hybridized carbons (Fsp3) is 0.625. The van der Waals surface area contributed by atoms with Crippen LogP contribution in [0.15, 0.2) is 28.7 Å². The molecule has 0 amide bonds. The molecular weight excluding hydrogens is 300 g/mol. The second-order valence-corrected chi connectivity index (χ2v) is 7.37. The average Bonchev–Trinajstić information content (AvgIpc) is 2.34. The zero-order chi connectivity index (χ0) is 14.0. The van der Waals surface area contributed by atoms with Gasteiger partial charge in [-0.1, -0.05) is 48.0 Å². The minimum absolute atomic E-state index is 0.209. The molecule has 0 radical (unpaired) electrons. The van der Waals surface area contributed by atoms with Gasteiger partial charge in [0.25, 0.3) is 0 Å². The maximum Gasteiger partial charge on any atom is 0.0281 e.